The van der Waals surface area contributed by atoms with E-state index in [2.05, 4.69) is 5.10 Å². The molecule has 1 aliphatic carbocycles. The highest BCUT2D eigenvalue weighted by Gasteiger charge is 2.55. The van der Waals surface area contributed by atoms with Gasteiger partial charge >= 0.3 is 0 Å². The Morgan fingerprint density at radius 1 is 0.971 bits per heavy atom. The number of ether oxygens (including phenoxy) is 3. The molecule has 4 rings (SSSR count). The van der Waals surface area contributed by atoms with Crippen molar-refractivity contribution in [2.75, 3.05) is 14.2 Å². The number of ketones is 3. The molecule has 0 atom stereocenters. The van der Waals surface area contributed by atoms with E-state index in [-0.39, 0.29) is 11.5 Å². The molecule has 1 saturated heterocycles. The number of Topliss-reactive ketones (excluding diaryl/α,β-unsaturated/α-hetero) is 3. The highest BCUT2D eigenvalue weighted by atomic mass is 16.5. The molecule has 2 aliphatic rings. The highest BCUT2D eigenvalue weighted by molar-refractivity contribution is 6.28. The van der Waals surface area contributed by atoms with Gasteiger partial charge in [0, 0.05) is 12.0 Å². The van der Waals surface area contributed by atoms with Crippen LogP contribution in [0.3, 0.4) is 0 Å². The van der Waals surface area contributed by atoms with Gasteiger partial charge in [0.05, 0.1) is 31.2 Å². The summed E-state index contributed by atoms with van der Waals surface area (Å²) in [6.07, 6.45) is 1.75. The molecule has 2 heterocycles. The van der Waals surface area contributed by atoms with Gasteiger partial charge < -0.3 is 14.2 Å². The van der Waals surface area contributed by atoms with Crippen LogP contribution in [0.1, 0.15) is 62.5 Å². The van der Waals surface area contributed by atoms with Gasteiger partial charge in [-0.25, -0.2) is 0 Å². The predicted octanol–water partition coefficient (Wildman–Crippen LogP) is 2.65. The maximum Gasteiger partial charge on any atom is 0.282 e. The molecule has 0 unspecified atom stereocenters. The van der Waals surface area contributed by atoms with E-state index in [1.54, 1.807) is 18.2 Å². The Labute approximate surface area is 197 Å². The molecule has 34 heavy (non-hydrogen) atoms. The molecule has 2 fully saturated rings. The van der Waals surface area contributed by atoms with Crippen molar-refractivity contribution in [3.8, 4) is 17.2 Å². The molecular formula is C25H28N2O7. The molecule has 1 aromatic heterocycles. The molecule has 1 saturated carbocycles. The molecular weight excluding hydrogens is 440 g/mol. The first-order valence-electron chi connectivity index (χ1n) is 11.1. The van der Waals surface area contributed by atoms with Crippen molar-refractivity contribution in [3.05, 3.63) is 45.9 Å². The quantitative estimate of drug-likeness (QED) is 0.470. The van der Waals surface area contributed by atoms with Gasteiger partial charge in [-0.3, -0.25) is 19.2 Å². The summed E-state index contributed by atoms with van der Waals surface area (Å²) in [4.78, 5) is 53.3. The molecule has 1 aliphatic heterocycles. The zero-order valence-corrected chi connectivity index (χ0v) is 20.1. The number of rotatable bonds is 6. The van der Waals surface area contributed by atoms with Crippen molar-refractivity contribution >= 4 is 17.3 Å². The normalized spacial score (nSPS) is 19.7. The zero-order chi connectivity index (χ0) is 25.0. The molecule has 9 nitrogen and oxygen atoms in total. The van der Waals surface area contributed by atoms with Crippen LogP contribution in [0.2, 0.25) is 0 Å². The van der Waals surface area contributed by atoms with E-state index in [0.717, 1.165) is 17.5 Å². The lowest BCUT2D eigenvalue weighted by Crippen LogP contribution is -2.61. The maximum atomic E-state index is 13.6. The number of aromatic nitrogens is 2. The van der Waals surface area contributed by atoms with E-state index in [1.807, 2.05) is 0 Å². The third-order valence-electron chi connectivity index (χ3n) is 6.29. The first-order valence-corrected chi connectivity index (χ1v) is 11.1. The third-order valence-corrected chi connectivity index (χ3v) is 6.29. The van der Waals surface area contributed by atoms with Crippen molar-refractivity contribution in [1.82, 2.24) is 9.78 Å². The largest absolute Gasteiger partial charge is 0.493 e. The Morgan fingerprint density at radius 2 is 1.56 bits per heavy atom. The molecule has 0 bridgehead atoms. The summed E-state index contributed by atoms with van der Waals surface area (Å²) >= 11 is 0. The molecule has 0 spiro atoms. The molecule has 2 aromatic rings. The van der Waals surface area contributed by atoms with E-state index >= 15 is 0 Å². The van der Waals surface area contributed by atoms with Crippen LogP contribution in [0.4, 0.5) is 0 Å². The van der Waals surface area contributed by atoms with Crippen LogP contribution in [-0.4, -0.2) is 52.6 Å². The summed E-state index contributed by atoms with van der Waals surface area (Å²) in [6.45, 7) is 6.09. The number of benzene rings is 1. The number of hydrogen-bond donors (Lipinski definition) is 0. The van der Waals surface area contributed by atoms with Gasteiger partial charge in [-0.05, 0) is 58.7 Å². The third kappa shape index (κ3) is 3.94. The minimum absolute atomic E-state index is 0.104. The average Bonchev–Trinajstić information content (AvgIpc) is 3.62. The van der Waals surface area contributed by atoms with Gasteiger partial charge in [0.1, 0.15) is 17.1 Å². The first kappa shape index (κ1) is 23.8. The number of methoxy groups -OCH3 is 2. The van der Waals surface area contributed by atoms with E-state index in [0.29, 0.717) is 22.9 Å². The molecule has 180 valence electrons. The van der Waals surface area contributed by atoms with E-state index in [9.17, 15) is 19.2 Å². The van der Waals surface area contributed by atoms with Crippen LogP contribution < -0.4 is 15.0 Å². The maximum absolute atomic E-state index is 13.6. The summed E-state index contributed by atoms with van der Waals surface area (Å²) < 4.78 is 17.4. The number of carbonyl (C=O) groups is 3. The SMILES string of the molecule is COc1ccc(-n2nc(C3CC3)cc(C(=O)C3C(=O)C(C)(C)OC(C)(C)C3=O)c2=O)cc1OC. The molecule has 0 N–H and O–H groups in total. The van der Waals surface area contributed by atoms with Gasteiger partial charge in [-0.2, -0.15) is 9.78 Å². The van der Waals surface area contributed by atoms with Crippen LogP contribution in [0.5, 0.6) is 11.5 Å². The van der Waals surface area contributed by atoms with Crippen LogP contribution in [-0.2, 0) is 14.3 Å². The summed E-state index contributed by atoms with van der Waals surface area (Å²) in [5.74, 6) is -2.82. The number of carbonyl (C=O) groups excluding carboxylic acids is 3. The average molecular weight is 469 g/mol. The Balaban J connectivity index is 1.87. The van der Waals surface area contributed by atoms with Crippen molar-refractivity contribution in [1.29, 1.82) is 0 Å². The lowest BCUT2D eigenvalue weighted by atomic mass is 9.75. The lowest BCUT2D eigenvalue weighted by molar-refractivity contribution is -0.186. The van der Waals surface area contributed by atoms with Crippen LogP contribution >= 0.6 is 0 Å². The highest BCUT2D eigenvalue weighted by Crippen LogP contribution is 2.40. The van der Waals surface area contributed by atoms with E-state index in [1.165, 1.54) is 48.0 Å². The Morgan fingerprint density at radius 3 is 2.09 bits per heavy atom. The summed E-state index contributed by atoms with van der Waals surface area (Å²) in [7, 11) is 2.97. The number of nitrogens with zero attached hydrogens (tertiary/aromatic N) is 2. The van der Waals surface area contributed by atoms with Gasteiger partial charge in [0.2, 0.25) is 0 Å². The second kappa shape index (κ2) is 8.16. The molecule has 9 heteroatoms. The Bertz CT molecular complexity index is 1230. The van der Waals surface area contributed by atoms with Gasteiger partial charge in [0.15, 0.2) is 28.8 Å². The predicted molar refractivity (Wildman–Crippen MR) is 122 cm³/mol. The number of hydrogen-bond acceptors (Lipinski definition) is 8. The Hall–Kier alpha value is -3.33. The fourth-order valence-corrected chi connectivity index (χ4v) is 4.35. The van der Waals surface area contributed by atoms with Gasteiger partial charge in [-0.1, -0.05) is 0 Å². The molecule has 0 radical (unpaired) electrons. The van der Waals surface area contributed by atoms with Crippen LogP contribution in [0.15, 0.2) is 29.1 Å². The van der Waals surface area contributed by atoms with Crippen molar-refractivity contribution < 1.29 is 28.6 Å². The van der Waals surface area contributed by atoms with Crippen molar-refractivity contribution in [2.45, 2.75) is 57.7 Å². The summed E-state index contributed by atoms with van der Waals surface area (Å²) in [6, 6.07) is 6.26. The first-order chi connectivity index (χ1) is 15.9. The minimum Gasteiger partial charge on any atom is -0.493 e. The Kier molecular flexibility index (Phi) is 5.72. The van der Waals surface area contributed by atoms with Crippen molar-refractivity contribution in [2.24, 2.45) is 5.92 Å². The fourth-order valence-electron chi connectivity index (χ4n) is 4.35. The lowest BCUT2D eigenvalue weighted by Gasteiger charge is -2.41. The topological polar surface area (TPSA) is 114 Å². The minimum atomic E-state index is -1.63. The van der Waals surface area contributed by atoms with Crippen LogP contribution in [0, 0.1) is 5.92 Å². The second-order valence-electron chi connectivity index (χ2n) is 9.66. The summed E-state index contributed by atoms with van der Waals surface area (Å²) in [5, 5.41) is 4.48. The second-order valence-corrected chi connectivity index (χ2v) is 9.66. The molecule has 1 aromatic carbocycles. The smallest absolute Gasteiger partial charge is 0.282 e. The summed E-state index contributed by atoms with van der Waals surface area (Å²) in [5.41, 5.74) is -2.75. The van der Waals surface area contributed by atoms with E-state index in [4.69, 9.17) is 14.2 Å². The standard InChI is InChI=1S/C25H28N2O7/c1-24(2)21(29)19(22(30)25(3,4)34-24)20(28)15-12-16(13-7-8-13)26-27(23(15)31)14-9-10-17(32-5)18(11-14)33-6/h9-13,19H,7-8H2,1-6H3. The van der Waals surface area contributed by atoms with Gasteiger partial charge in [0.25, 0.3) is 5.56 Å². The van der Waals surface area contributed by atoms with E-state index < -0.39 is 40.0 Å². The van der Waals surface area contributed by atoms with Crippen LogP contribution in [0.25, 0.3) is 5.69 Å². The monoisotopic (exact) mass is 468 g/mol. The van der Waals surface area contributed by atoms with Gasteiger partial charge in [-0.15, -0.1) is 0 Å². The molecule has 0 amide bonds. The fraction of sp³-hybridized carbons (Fsp3) is 0.480. The zero-order valence-electron chi connectivity index (χ0n) is 20.1. The van der Waals surface area contributed by atoms with Crippen molar-refractivity contribution in [3.63, 3.8) is 0 Å².